The molecule has 2 aromatic rings. The van der Waals surface area contributed by atoms with E-state index in [0.29, 0.717) is 28.3 Å². The molecule has 6 heteroatoms. The maximum atomic E-state index is 11.9. The number of benzene rings is 2. The van der Waals surface area contributed by atoms with Gasteiger partial charge in [-0.2, -0.15) is 0 Å². The Hall–Kier alpha value is -2.66. The summed E-state index contributed by atoms with van der Waals surface area (Å²) in [5.41, 5.74) is 1.31. The molecule has 0 saturated carbocycles. The Morgan fingerprint density at radius 1 is 0.958 bits per heavy atom. The molecule has 0 radical (unpaired) electrons. The van der Waals surface area contributed by atoms with Crippen molar-refractivity contribution in [2.24, 2.45) is 0 Å². The third-order valence-electron chi connectivity index (χ3n) is 3.23. The summed E-state index contributed by atoms with van der Waals surface area (Å²) in [4.78, 5) is 35.2. The normalized spacial score (nSPS) is 10.1. The molecule has 1 amide bonds. The average molecular weight is 346 g/mol. The third kappa shape index (κ3) is 4.93. The quantitative estimate of drug-likeness (QED) is 0.639. The van der Waals surface area contributed by atoms with E-state index in [4.69, 9.17) is 16.3 Å². The second-order valence-corrected chi connectivity index (χ2v) is 5.42. The zero-order valence-corrected chi connectivity index (χ0v) is 13.8. The van der Waals surface area contributed by atoms with Crippen LogP contribution in [0, 0.1) is 0 Å². The molecule has 1 N–H and O–H groups in total. The van der Waals surface area contributed by atoms with Gasteiger partial charge in [-0.25, -0.2) is 4.79 Å². The van der Waals surface area contributed by atoms with Crippen LogP contribution in [0.25, 0.3) is 0 Å². The highest BCUT2D eigenvalue weighted by atomic mass is 35.5. The molecule has 24 heavy (non-hydrogen) atoms. The van der Waals surface area contributed by atoms with Crippen molar-refractivity contribution in [3.63, 3.8) is 0 Å². The molecule has 124 valence electrons. The van der Waals surface area contributed by atoms with E-state index < -0.39 is 5.97 Å². The Kier molecular flexibility index (Phi) is 6.09. The smallest absolute Gasteiger partial charge is 0.338 e. The molecule has 0 aromatic heterocycles. The fourth-order valence-corrected chi connectivity index (χ4v) is 2.00. The number of anilines is 1. The highest BCUT2D eigenvalue weighted by molar-refractivity contribution is 6.30. The van der Waals surface area contributed by atoms with Gasteiger partial charge in [0.15, 0.2) is 12.4 Å². The lowest BCUT2D eigenvalue weighted by Crippen LogP contribution is -2.14. The second-order valence-electron chi connectivity index (χ2n) is 4.99. The number of carbonyl (C=O) groups excluding carboxylic acids is 3. The number of ketones is 1. The minimum atomic E-state index is -0.606. The fourth-order valence-electron chi connectivity index (χ4n) is 1.87. The first-order chi connectivity index (χ1) is 11.5. The van der Waals surface area contributed by atoms with E-state index in [2.05, 4.69) is 5.32 Å². The van der Waals surface area contributed by atoms with Gasteiger partial charge in [0.1, 0.15) is 0 Å². The van der Waals surface area contributed by atoms with Crippen LogP contribution in [0.2, 0.25) is 5.02 Å². The van der Waals surface area contributed by atoms with Crippen molar-refractivity contribution < 1.29 is 19.1 Å². The van der Waals surface area contributed by atoms with Gasteiger partial charge in [0.2, 0.25) is 5.91 Å². The molecule has 0 bridgehead atoms. The summed E-state index contributed by atoms with van der Waals surface area (Å²) in [6.07, 6.45) is 0.372. The molecule has 5 nitrogen and oxygen atoms in total. The van der Waals surface area contributed by atoms with E-state index in [1.807, 2.05) is 0 Å². The number of rotatable bonds is 6. The predicted molar refractivity (Wildman–Crippen MR) is 91.4 cm³/mol. The first kappa shape index (κ1) is 17.7. The van der Waals surface area contributed by atoms with Gasteiger partial charge in [-0.3, -0.25) is 9.59 Å². The molecular formula is C18H16ClNO4. The van der Waals surface area contributed by atoms with Crippen molar-refractivity contribution in [2.75, 3.05) is 11.9 Å². The molecule has 0 saturated heterocycles. The second kappa shape index (κ2) is 8.26. The summed E-state index contributed by atoms with van der Waals surface area (Å²) in [5.74, 6) is -1.03. The standard InChI is InChI=1S/C18H16ClNO4/c1-2-17(22)20-15-9-5-13(6-10-15)18(23)24-11-16(21)12-3-7-14(19)8-4-12/h3-10H,2,11H2,1H3,(H,20,22). The van der Waals surface area contributed by atoms with Gasteiger partial charge < -0.3 is 10.1 Å². The lowest BCUT2D eigenvalue weighted by Gasteiger charge is -2.06. The van der Waals surface area contributed by atoms with E-state index in [9.17, 15) is 14.4 Å². The molecule has 2 rings (SSSR count). The number of Topliss-reactive ketones (excluding diaryl/α,β-unsaturated/α-hetero) is 1. The first-order valence-corrected chi connectivity index (χ1v) is 7.73. The summed E-state index contributed by atoms with van der Waals surface area (Å²) in [5, 5.41) is 3.20. The third-order valence-corrected chi connectivity index (χ3v) is 3.48. The van der Waals surface area contributed by atoms with Gasteiger partial charge in [-0.15, -0.1) is 0 Å². The minimum absolute atomic E-state index is 0.112. The number of nitrogens with one attached hydrogen (secondary N) is 1. The van der Waals surface area contributed by atoms with Crippen LogP contribution in [0.5, 0.6) is 0 Å². The number of carbonyl (C=O) groups is 3. The highest BCUT2D eigenvalue weighted by Gasteiger charge is 2.12. The van der Waals surface area contributed by atoms with E-state index >= 15 is 0 Å². The van der Waals surface area contributed by atoms with Crippen LogP contribution in [0.3, 0.4) is 0 Å². The number of halogens is 1. The van der Waals surface area contributed by atoms with E-state index in [-0.39, 0.29) is 18.3 Å². The zero-order valence-electron chi connectivity index (χ0n) is 13.0. The number of ether oxygens (including phenoxy) is 1. The number of hydrogen-bond acceptors (Lipinski definition) is 4. The van der Waals surface area contributed by atoms with Gasteiger partial charge in [0.05, 0.1) is 5.56 Å². The van der Waals surface area contributed by atoms with Gasteiger partial charge in [0.25, 0.3) is 0 Å². The summed E-state index contributed by atoms with van der Waals surface area (Å²) >= 11 is 5.75. The highest BCUT2D eigenvalue weighted by Crippen LogP contribution is 2.12. The van der Waals surface area contributed by atoms with E-state index in [1.165, 1.54) is 12.1 Å². The predicted octanol–water partition coefficient (Wildman–Crippen LogP) is 3.73. The number of hydrogen-bond donors (Lipinski definition) is 1. The van der Waals surface area contributed by atoms with Crippen molar-refractivity contribution in [3.8, 4) is 0 Å². The van der Waals surface area contributed by atoms with Gasteiger partial charge in [0, 0.05) is 22.7 Å². The van der Waals surface area contributed by atoms with E-state index in [1.54, 1.807) is 43.3 Å². The Labute approximate surface area is 144 Å². The largest absolute Gasteiger partial charge is 0.454 e. The molecule has 2 aromatic carbocycles. The summed E-state index contributed by atoms with van der Waals surface area (Å²) in [6, 6.07) is 12.6. The van der Waals surface area contributed by atoms with Gasteiger partial charge >= 0.3 is 5.97 Å². The Morgan fingerprint density at radius 3 is 2.12 bits per heavy atom. The first-order valence-electron chi connectivity index (χ1n) is 7.35. The maximum Gasteiger partial charge on any atom is 0.338 e. The SMILES string of the molecule is CCC(=O)Nc1ccc(C(=O)OCC(=O)c2ccc(Cl)cc2)cc1. The average Bonchev–Trinajstić information content (AvgIpc) is 2.60. The molecule has 0 aliphatic rings. The molecule has 0 aliphatic heterocycles. The Bertz CT molecular complexity index is 739. The van der Waals surface area contributed by atoms with Crippen LogP contribution in [-0.4, -0.2) is 24.3 Å². The maximum absolute atomic E-state index is 11.9. The molecule has 0 unspecified atom stereocenters. The van der Waals surface area contributed by atoms with Gasteiger partial charge in [-0.05, 0) is 48.5 Å². The topological polar surface area (TPSA) is 72.5 Å². The van der Waals surface area contributed by atoms with Crippen molar-refractivity contribution in [3.05, 3.63) is 64.7 Å². The van der Waals surface area contributed by atoms with Crippen molar-refractivity contribution in [2.45, 2.75) is 13.3 Å². The summed E-state index contributed by atoms with van der Waals surface area (Å²) in [6.45, 7) is 1.40. The van der Waals surface area contributed by atoms with Crippen LogP contribution >= 0.6 is 11.6 Å². The minimum Gasteiger partial charge on any atom is -0.454 e. The van der Waals surface area contributed by atoms with Gasteiger partial charge in [-0.1, -0.05) is 18.5 Å². The van der Waals surface area contributed by atoms with Crippen molar-refractivity contribution in [1.29, 1.82) is 0 Å². The summed E-state index contributed by atoms with van der Waals surface area (Å²) < 4.78 is 5.01. The lowest BCUT2D eigenvalue weighted by atomic mass is 10.1. The van der Waals surface area contributed by atoms with Crippen LogP contribution in [-0.2, 0) is 9.53 Å². The van der Waals surface area contributed by atoms with Crippen LogP contribution in [0.15, 0.2) is 48.5 Å². The number of esters is 1. The molecule has 0 spiro atoms. The Morgan fingerprint density at radius 2 is 1.54 bits per heavy atom. The summed E-state index contributed by atoms with van der Waals surface area (Å²) in [7, 11) is 0. The monoisotopic (exact) mass is 345 g/mol. The fraction of sp³-hybridized carbons (Fsp3) is 0.167. The van der Waals surface area contributed by atoms with Crippen molar-refractivity contribution >= 4 is 34.9 Å². The molecule has 0 fully saturated rings. The molecule has 0 aliphatic carbocycles. The molecular weight excluding hydrogens is 330 g/mol. The number of amides is 1. The van der Waals surface area contributed by atoms with Crippen LogP contribution in [0.1, 0.15) is 34.1 Å². The Balaban J connectivity index is 1.91. The van der Waals surface area contributed by atoms with E-state index in [0.717, 1.165) is 0 Å². The zero-order chi connectivity index (χ0) is 17.5. The molecule has 0 atom stereocenters. The lowest BCUT2D eigenvalue weighted by molar-refractivity contribution is -0.115. The van der Waals surface area contributed by atoms with Crippen LogP contribution < -0.4 is 5.32 Å². The molecule has 0 heterocycles. The van der Waals surface area contributed by atoms with Crippen molar-refractivity contribution in [1.82, 2.24) is 0 Å². The van der Waals surface area contributed by atoms with Crippen LogP contribution in [0.4, 0.5) is 5.69 Å².